The molecule has 0 aliphatic carbocycles. The number of likely N-dealkylation sites (tertiary alicyclic amines) is 1. The summed E-state index contributed by atoms with van der Waals surface area (Å²) >= 11 is 0. The average molecular weight is 251 g/mol. The van der Waals surface area contributed by atoms with Crippen LogP contribution in [0.25, 0.3) is 0 Å². The van der Waals surface area contributed by atoms with Crippen LogP contribution in [0.2, 0.25) is 0 Å². The molecule has 1 aliphatic heterocycles. The van der Waals surface area contributed by atoms with Crippen molar-refractivity contribution in [1.82, 2.24) is 4.90 Å². The van der Waals surface area contributed by atoms with Gasteiger partial charge in [-0.1, -0.05) is 0 Å². The van der Waals surface area contributed by atoms with Crippen LogP contribution >= 0.6 is 12.4 Å². The highest BCUT2D eigenvalue weighted by molar-refractivity contribution is 5.86. The van der Waals surface area contributed by atoms with Crippen molar-refractivity contribution < 1.29 is 14.3 Å². The van der Waals surface area contributed by atoms with Gasteiger partial charge in [0, 0.05) is 6.54 Å². The number of carbonyl (C=O) groups is 2. The van der Waals surface area contributed by atoms with Gasteiger partial charge in [0.25, 0.3) is 0 Å². The van der Waals surface area contributed by atoms with Crippen molar-refractivity contribution >= 4 is 24.3 Å². The maximum Gasteiger partial charge on any atom is 0.325 e. The summed E-state index contributed by atoms with van der Waals surface area (Å²) < 4.78 is 4.80. The Bertz CT molecular complexity index is 248. The monoisotopic (exact) mass is 250 g/mol. The number of carbonyl (C=O) groups excluding carboxylic acids is 2. The highest BCUT2D eigenvalue weighted by Crippen LogP contribution is 2.10. The van der Waals surface area contributed by atoms with E-state index in [0.29, 0.717) is 19.6 Å². The highest BCUT2D eigenvalue weighted by atomic mass is 35.5. The fourth-order valence-corrected chi connectivity index (χ4v) is 1.65. The molecule has 1 heterocycles. The minimum absolute atomic E-state index is 0. The topological polar surface area (TPSA) is 72.6 Å². The summed E-state index contributed by atoms with van der Waals surface area (Å²) in [6.45, 7) is 2.71. The predicted molar refractivity (Wildman–Crippen MR) is 62.3 cm³/mol. The van der Waals surface area contributed by atoms with Gasteiger partial charge in [0.05, 0.1) is 12.6 Å². The third-order valence-corrected chi connectivity index (χ3v) is 2.45. The van der Waals surface area contributed by atoms with Crippen LogP contribution < -0.4 is 5.73 Å². The summed E-state index contributed by atoms with van der Waals surface area (Å²) in [7, 11) is 0. The molecule has 0 aromatic heterocycles. The number of rotatable bonds is 3. The van der Waals surface area contributed by atoms with Gasteiger partial charge in [0.15, 0.2) is 0 Å². The summed E-state index contributed by atoms with van der Waals surface area (Å²) in [4.78, 5) is 24.4. The molecule has 1 rings (SSSR count). The molecule has 6 heteroatoms. The molecular formula is C10H19ClN2O3. The first-order valence-electron chi connectivity index (χ1n) is 5.35. The van der Waals surface area contributed by atoms with Gasteiger partial charge in [-0.25, -0.2) is 0 Å². The Hall–Kier alpha value is -0.810. The maximum absolute atomic E-state index is 11.7. The number of ether oxygens (including phenoxy) is 1. The lowest BCUT2D eigenvalue weighted by Gasteiger charge is -2.21. The summed E-state index contributed by atoms with van der Waals surface area (Å²) in [6, 6.07) is -0.457. The fourth-order valence-electron chi connectivity index (χ4n) is 1.65. The molecule has 0 bridgehead atoms. The van der Waals surface area contributed by atoms with Crippen molar-refractivity contribution in [2.45, 2.75) is 32.2 Å². The van der Waals surface area contributed by atoms with E-state index in [2.05, 4.69) is 0 Å². The van der Waals surface area contributed by atoms with Crippen LogP contribution in [0.1, 0.15) is 26.2 Å². The third-order valence-electron chi connectivity index (χ3n) is 2.45. The third kappa shape index (κ3) is 4.37. The Morgan fingerprint density at radius 3 is 2.88 bits per heavy atom. The van der Waals surface area contributed by atoms with E-state index in [1.54, 1.807) is 6.92 Å². The Labute approximate surface area is 102 Å². The van der Waals surface area contributed by atoms with Crippen LogP contribution in [-0.2, 0) is 14.3 Å². The predicted octanol–water partition coefficient (Wildman–Crippen LogP) is 0.311. The Morgan fingerprint density at radius 2 is 2.25 bits per heavy atom. The lowest BCUT2D eigenvalue weighted by molar-refractivity contribution is -0.149. The number of halogens is 1. The van der Waals surface area contributed by atoms with Crippen LogP contribution in [0.3, 0.4) is 0 Å². The van der Waals surface area contributed by atoms with Gasteiger partial charge >= 0.3 is 5.97 Å². The first-order chi connectivity index (χ1) is 7.15. The lowest BCUT2D eigenvalue weighted by atomic mass is 10.1. The standard InChI is InChI=1S/C10H18N2O3.ClH/c1-2-15-9(13)7-12-6-4-3-5-8(11)10(12)14;/h8H,2-7,11H2,1H3;1H. The smallest absolute Gasteiger partial charge is 0.325 e. The van der Waals surface area contributed by atoms with E-state index < -0.39 is 6.04 Å². The van der Waals surface area contributed by atoms with Crippen LogP contribution in [0.15, 0.2) is 0 Å². The molecule has 5 nitrogen and oxygen atoms in total. The number of nitrogens with zero attached hydrogens (tertiary/aromatic N) is 1. The van der Waals surface area contributed by atoms with Gasteiger partial charge in [0.1, 0.15) is 6.54 Å². The molecule has 1 fully saturated rings. The number of hydrogen-bond donors (Lipinski definition) is 1. The van der Waals surface area contributed by atoms with E-state index in [-0.39, 0.29) is 30.8 Å². The second-order valence-corrected chi connectivity index (χ2v) is 3.67. The quantitative estimate of drug-likeness (QED) is 0.732. The maximum atomic E-state index is 11.7. The highest BCUT2D eigenvalue weighted by Gasteiger charge is 2.25. The number of amides is 1. The summed E-state index contributed by atoms with van der Waals surface area (Å²) in [5.41, 5.74) is 5.68. The molecule has 94 valence electrons. The van der Waals surface area contributed by atoms with Crippen LogP contribution in [0, 0.1) is 0 Å². The summed E-state index contributed by atoms with van der Waals surface area (Å²) in [5, 5.41) is 0. The Morgan fingerprint density at radius 1 is 1.56 bits per heavy atom. The first kappa shape index (κ1) is 15.2. The number of esters is 1. The molecular weight excluding hydrogens is 232 g/mol. The molecule has 1 aliphatic rings. The largest absolute Gasteiger partial charge is 0.465 e. The van der Waals surface area contributed by atoms with Gasteiger partial charge in [-0.15, -0.1) is 12.4 Å². The van der Waals surface area contributed by atoms with Crippen molar-refractivity contribution in [3.63, 3.8) is 0 Å². The molecule has 2 N–H and O–H groups in total. The average Bonchev–Trinajstić information content (AvgIpc) is 2.34. The zero-order chi connectivity index (χ0) is 11.3. The molecule has 1 unspecified atom stereocenters. The zero-order valence-corrected chi connectivity index (χ0v) is 10.3. The van der Waals surface area contributed by atoms with Gasteiger partial charge in [-0.3, -0.25) is 9.59 Å². The molecule has 1 atom stereocenters. The molecule has 0 aromatic carbocycles. The van der Waals surface area contributed by atoms with Crippen molar-refractivity contribution in [3.05, 3.63) is 0 Å². The van der Waals surface area contributed by atoms with Crippen LogP contribution in [-0.4, -0.2) is 42.5 Å². The van der Waals surface area contributed by atoms with Gasteiger partial charge in [-0.05, 0) is 26.2 Å². The van der Waals surface area contributed by atoms with Crippen LogP contribution in [0.5, 0.6) is 0 Å². The minimum Gasteiger partial charge on any atom is -0.465 e. The molecule has 0 aromatic rings. The molecule has 1 amide bonds. The molecule has 16 heavy (non-hydrogen) atoms. The van der Waals surface area contributed by atoms with Crippen molar-refractivity contribution in [3.8, 4) is 0 Å². The van der Waals surface area contributed by atoms with E-state index in [9.17, 15) is 9.59 Å². The van der Waals surface area contributed by atoms with Crippen LogP contribution in [0.4, 0.5) is 0 Å². The number of hydrogen-bond acceptors (Lipinski definition) is 4. The van der Waals surface area contributed by atoms with Gasteiger partial charge in [-0.2, -0.15) is 0 Å². The van der Waals surface area contributed by atoms with E-state index in [1.807, 2.05) is 0 Å². The fraction of sp³-hybridized carbons (Fsp3) is 0.800. The van der Waals surface area contributed by atoms with Crippen molar-refractivity contribution in [2.75, 3.05) is 19.7 Å². The Balaban J connectivity index is 0.00000225. The first-order valence-corrected chi connectivity index (χ1v) is 5.35. The molecule has 0 radical (unpaired) electrons. The van der Waals surface area contributed by atoms with E-state index in [4.69, 9.17) is 10.5 Å². The van der Waals surface area contributed by atoms with Crippen molar-refractivity contribution in [1.29, 1.82) is 0 Å². The van der Waals surface area contributed by atoms with E-state index in [1.165, 1.54) is 4.90 Å². The van der Waals surface area contributed by atoms with Crippen molar-refractivity contribution in [2.24, 2.45) is 5.73 Å². The van der Waals surface area contributed by atoms with Gasteiger partial charge < -0.3 is 15.4 Å². The van der Waals surface area contributed by atoms with Gasteiger partial charge in [0.2, 0.25) is 5.91 Å². The molecule has 0 saturated carbocycles. The minimum atomic E-state index is -0.457. The second-order valence-electron chi connectivity index (χ2n) is 3.67. The normalized spacial score (nSPS) is 21.0. The van der Waals surface area contributed by atoms with E-state index in [0.717, 1.165) is 12.8 Å². The lowest BCUT2D eigenvalue weighted by Crippen LogP contribution is -2.44. The summed E-state index contributed by atoms with van der Waals surface area (Å²) in [5.74, 6) is -0.500. The summed E-state index contributed by atoms with van der Waals surface area (Å²) in [6.07, 6.45) is 2.54. The SMILES string of the molecule is CCOC(=O)CN1CCCCC(N)C1=O.Cl. The number of nitrogens with two attached hydrogens (primary N) is 1. The second kappa shape index (κ2) is 7.46. The Kier molecular flexibility index (Phi) is 7.08. The zero-order valence-electron chi connectivity index (χ0n) is 9.48. The molecule has 1 saturated heterocycles. The van der Waals surface area contributed by atoms with E-state index >= 15 is 0 Å². The molecule has 0 spiro atoms.